The minimum absolute atomic E-state index is 0.0578. The normalized spacial score (nSPS) is 20.4. The Balaban J connectivity index is 2.00. The number of amides is 1. The average Bonchev–Trinajstić information content (AvgIpc) is 2.47. The number of piperidine rings is 1. The Morgan fingerprint density at radius 1 is 1.35 bits per heavy atom. The first kappa shape index (κ1) is 14.7. The molecule has 2 atom stereocenters. The molecule has 4 heteroatoms. The first-order valence-electron chi connectivity index (χ1n) is 7.20. The van der Waals surface area contributed by atoms with Crippen LogP contribution >= 0.6 is 0 Å². The van der Waals surface area contributed by atoms with Crippen molar-refractivity contribution in [2.75, 3.05) is 20.2 Å². The summed E-state index contributed by atoms with van der Waals surface area (Å²) < 4.78 is 11.0. The molecule has 1 aromatic carbocycles. The van der Waals surface area contributed by atoms with Gasteiger partial charge in [-0.15, -0.1) is 0 Å². The standard InChI is InChI=1S/C16H23NO3/c1-12-7-6-10-17(11-12)16(18)13(2)20-15-9-5-4-8-14(15)19-3/h4-5,8-9,12-13H,6-7,10-11H2,1-3H3/t12-,13+/m1/s1. The van der Waals surface area contributed by atoms with Crippen LogP contribution in [0.2, 0.25) is 0 Å². The Kier molecular flexibility index (Phi) is 4.88. The summed E-state index contributed by atoms with van der Waals surface area (Å²) in [7, 11) is 1.60. The predicted molar refractivity (Wildman–Crippen MR) is 78.1 cm³/mol. The number of carbonyl (C=O) groups excluding carboxylic acids is 1. The second kappa shape index (κ2) is 6.64. The molecule has 0 spiro atoms. The van der Waals surface area contributed by atoms with Crippen LogP contribution in [0.15, 0.2) is 24.3 Å². The zero-order chi connectivity index (χ0) is 14.5. The monoisotopic (exact) mass is 277 g/mol. The summed E-state index contributed by atoms with van der Waals surface area (Å²) in [6.07, 6.45) is 1.79. The quantitative estimate of drug-likeness (QED) is 0.849. The van der Waals surface area contributed by atoms with Gasteiger partial charge in [-0.25, -0.2) is 0 Å². The van der Waals surface area contributed by atoms with Crippen molar-refractivity contribution in [1.29, 1.82) is 0 Å². The summed E-state index contributed by atoms with van der Waals surface area (Å²) in [6, 6.07) is 7.40. The maximum Gasteiger partial charge on any atom is 0.263 e. The molecule has 1 fully saturated rings. The Labute approximate surface area is 120 Å². The van der Waals surface area contributed by atoms with E-state index in [2.05, 4.69) is 6.92 Å². The highest BCUT2D eigenvalue weighted by Crippen LogP contribution is 2.27. The number of methoxy groups -OCH3 is 1. The molecule has 4 nitrogen and oxygen atoms in total. The van der Waals surface area contributed by atoms with E-state index in [9.17, 15) is 4.79 Å². The van der Waals surface area contributed by atoms with Crippen LogP contribution in [0.5, 0.6) is 11.5 Å². The van der Waals surface area contributed by atoms with Crippen LogP contribution < -0.4 is 9.47 Å². The van der Waals surface area contributed by atoms with Gasteiger partial charge in [-0.05, 0) is 37.8 Å². The van der Waals surface area contributed by atoms with Gasteiger partial charge in [-0.2, -0.15) is 0 Å². The number of carbonyl (C=O) groups is 1. The number of hydrogen-bond acceptors (Lipinski definition) is 3. The molecule has 0 saturated carbocycles. The van der Waals surface area contributed by atoms with E-state index in [4.69, 9.17) is 9.47 Å². The van der Waals surface area contributed by atoms with Gasteiger partial charge in [0.25, 0.3) is 5.91 Å². The van der Waals surface area contributed by atoms with Crippen molar-refractivity contribution in [1.82, 2.24) is 4.90 Å². The molecule has 1 saturated heterocycles. The van der Waals surface area contributed by atoms with Gasteiger partial charge >= 0.3 is 0 Å². The van der Waals surface area contributed by atoms with E-state index in [1.54, 1.807) is 14.0 Å². The van der Waals surface area contributed by atoms with Crippen LogP contribution in [0.1, 0.15) is 26.7 Å². The van der Waals surface area contributed by atoms with Gasteiger partial charge < -0.3 is 14.4 Å². The molecule has 1 amide bonds. The lowest BCUT2D eigenvalue weighted by Gasteiger charge is -2.32. The fourth-order valence-corrected chi connectivity index (χ4v) is 2.60. The molecule has 0 radical (unpaired) electrons. The molecule has 110 valence electrons. The van der Waals surface area contributed by atoms with Crippen LogP contribution in [-0.4, -0.2) is 37.1 Å². The van der Waals surface area contributed by atoms with Crippen LogP contribution in [-0.2, 0) is 4.79 Å². The third kappa shape index (κ3) is 3.44. The molecule has 1 aliphatic heterocycles. The Morgan fingerprint density at radius 3 is 2.70 bits per heavy atom. The van der Waals surface area contributed by atoms with Crippen molar-refractivity contribution < 1.29 is 14.3 Å². The molecule has 1 heterocycles. The van der Waals surface area contributed by atoms with Crippen molar-refractivity contribution in [3.8, 4) is 11.5 Å². The minimum atomic E-state index is -0.489. The topological polar surface area (TPSA) is 38.8 Å². The van der Waals surface area contributed by atoms with E-state index in [1.165, 1.54) is 6.42 Å². The molecule has 0 N–H and O–H groups in total. The number of nitrogens with zero attached hydrogens (tertiary/aromatic N) is 1. The molecule has 2 rings (SSSR count). The van der Waals surface area contributed by atoms with Crippen molar-refractivity contribution in [2.45, 2.75) is 32.8 Å². The fourth-order valence-electron chi connectivity index (χ4n) is 2.60. The number of likely N-dealkylation sites (tertiary alicyclic amines) is 1. The van der Waals surface area contributed by atoms with Gasteiger partial charge in [-0.3, -0.25) is 4.79 Å². The van der Waals surface area contributed by atoms with Gasteiger partial charge in [0.1, 0.15) is 0 Å². The SMILES string of the molecule is COc1ccccc1O[C@@H](C)C(=O)N1CCC[C@@H](C)C1. The lowest BCUT2D eigenvalue weighted by atomic mass is 10.00. The molecular weight excluding hydrogens is 254 g/mol. The van der Waals surface area contributed by atoms with Crippen LogP contribution in [0.25, 0.3) is 0 Å². The smallest absolute Gasteiger partial charge is 0.263 e. The van der Waals surface area contributed by atoms with Gasteiger partial charge in [0.15, 0.2) is 17.6 Å². The maximum absolute atomic E-state index is 12.4. The average molecular weight is 277 g/mol. The maximum atomic E-state index is 12.4. The Morgan fingerprint density at radius 2 is 2.05 bits per heavy atom. The first-order valence-corrected chi connectivity index (χ1v) is 7.20. The summed E-state index contributed by atoms with van der Waals surface area (Å²) >= 11 is 0. The van der Waals surface area contributed by atoms with Gasteiger partial charge in [0, 0.05) is 13.1 Å². The van der Waals surface area contributed by atoms with E-state index in [1.807, 2.05) is 29.2 Å². The molecule has 20 heavy (non-hydrogen) atoms. The summed E-state index contributed by atoms with van der Waals surface area (Å²) in [5, 5.41) is 0. The molecule has 0 aliphatic carbocycles. The highest BCUT2D eigenvalue weighted by molar-refractivity contribution is 5.81. The number of para-hydroxylation sites is 2. The van der Waals surface area contributed by atoms with Gasteiger partial charge in [0.2, 0.25) is 0 Å². The van der Waals surface area contributed by atoms with E-state index >= 15 is 0 Å². The number of benzene rings is 1. The van der Waals surface area contributed by atoms with Crippen LogP contribution in [0.3, 0.4) is 0 Å². The highest BCUT2D eigenvalue weighted by Gasteiger charge is 2.26. The lowest BCUT2D eigenvalue weighted by Crippen LogP contribution is -2.45. The summed E-state index contributed by atoms with van der Waals surface area (Å²) in [5.41, 5.74) is 0. The van der Waals surface area contributed by atoms with Crippen molar-refractivity contribution in [3.63, 3.8) is 0 Å². The second-order valence-corrected chi connectivity index (χ2v) is 5.44. The van der Waals surface area contributed by atoms with Gasteiger partial charge in [-0.1, -0.05) is 19.1 Å². The first-order chi connectivity index (χ1) is 9.61. The van der Waals surface area contributed by atoms with E-state index in [0.29, 0.717) is 17.4 Å². The predicted octanol–water partition coefficient (Wildman–Crippen LogP) is 2.72. The lowest BCUT2D eigenvalue weighted by molar-refractivity contribution is -0.139. The largest absolute Gasteiger partial charge is 0.493 e. The van der Waals surface area contributed by atoms with Crippen molar-refractivity contribution in [3.05, 3.63) is 24.3 Å². The summed E-state index contributed by atoms with van der Waals surface area (Å²) in [6.45, 7) is 5.65. The van der Waals surface area contributed by atoms with Gasteiger partial charge in [0.05, 0.1) is 7.11 Å². The highest BCUT2D eigenvalue weighted by atomic mass is 16.5. The van der Waals surface area contributed by atoms with Crippen molar-refractivity contribution >= 4 is 5.91 Å². The third-order valence-corrected chi connectivity index (χ3v) is 3.69. The fraction of sp³-hybridized carbons (Fsp3) is 0.562. The molecule has 0 aromatic heterocycles. The van der Waals surface area contributed by atoms with Crippen LogP contribution in [0, 0.1) is 5.92 Å². The summed E-state index contributed by atoms with van der Waals surface area (Å²) in [5.74, 6) is 1.90. The molecular formula is C16H23NO3. The van der Waals surface area contributed by atoms with E-state index in [-0.39, 0.29) is 5.91 Å². The second-order valence-electron chi connectivity index (χ2n) is 5.44. The van der Waals surface area contributed by atoms with E-state index in [0.717, 1.165) is 19.5 Å². The third-order valence-electron chi connectivity index (χ3n) is 3.69. The zero-order valence-electron chi connectivity index (χ0n) is 12.5. The number of hydrogen-bond donors (Lipinski definition) is 0. The molecule has 0 bridgehead atoms. The minimum Gasteiger partial charge on any atom is -0.493 e. The number of ether oxygens (including phenoxy) is 2. The molecule has 1 aliphatic rings. The van der Waals surface area contributed by atoms with Crippen LogP contribution in [0.4, 0.5) is 0 Å². The van der Waals surface area contributed by atoms with Crippen molar-refractivity contribution in [2.24, 2.45) is 5.92 Å². The number of rotatable bonds is 4. The molecule has 1 aromatic rings. The Bertz CT molecular complexity index is 461. The van der Waals surface area contributed by atoms with E-state index < -0.39 is 6.10 Å². The summed E-state index contributed by atoms with van der Waals surface area (Å²) in [4.78, 5) is 14.3. The zero-order valence-corrected chi connectivity index (χ0v) is 12.5. The Hall–Kier alpha value is -1.71. The molecule has 0 unspecified atom stereocenters.